The normalized spacial score (nSPS) is 11.1. The standard InChI is InChI=1S/C15H9Cl2N2O2/c16-14-2-1-3-15(17)13(14)8-11(9-18)10-4-6-12(7-5-10)19(20)21/h1-8,20H/q-1/b11-8-. The molecule has 0 aliphatic carbocycles. The third kappa shape index (κ3) is 3.54. The molecule has 2 aromatic rings. The molecule has 2 rings (SSSR count). The van der Waals surface area contributed by atoms with E-state index in [1.165, 1.54) is 12.1 Å². The van der Waals surface area contributed by atoms with Gasteiger partial charge in [0.1, 0.15) is 0 Å². The first kappa shape index (κ1) is 15.4. The fourth-order valence-corrected chi connectivity index (χ4v) is 2.25. The molecule has 4 nitrogen and oxygen atoms in total. The Balaban J connectivity index is 2.45. The molecule has 0 saturated carbocycles. The molecule has 0 aliphatic heterocycles. The van der Waals surface area contributed by atoms with Crippen LogP contribution in [0.1, 0.15) is 11.1 Å². The van der Waals surface area contributed by atoms with Gasteiger partial charge in [-0.25, -0.2) is 0 Å². The summed E-state index contributed by atoms with van der Waals surface area (Å²) >= 11 is 12.1. The molecule has 1 N–H and O–H groups in total. The first-order valence-electron chi connectivity index (χ1n) is 5.85. The van der Waals surface area contributed by atoms with Crippen LogP contribution in [0.3, 0.4) is 0 Å². The smallest absolute Gasteiger partial charge is 0.0998 e. The van der Waals surface area contributed by atoms with E-state index >= 15 is 0 Å². The molecule has 0 saturated heterocycles. The highest BCUT2D eigenvalue weighted by atomic mass is 35.5. The van der Waals surface area contributed by atoms with Crippen molar-refractivity contribution in [2.75, 3.05) is 5.23 Å². The molecule has 0 aliphatic rings. The molecular formula is C15H9Cl2N2O2-. The zero-order chi connectivity index (χ0) is 15.4. The number of nitriles is 1. The van der Waals surface area contributed by atoms with Gasteiger partial charge in [0.15, 0.2) is 0 Å². The highest BCUT2D eigenvalue weighted by Gasteiger charge is 2.07. The van der Waals surface area contributed by atoms with Crippen molar-refractivity contribution < 1.29 is 5.21 Å². The third-order valence-corrected chi connectivity index (χ3v) is 3.47. The molecule has 0 heterocycles. The lowest BCUT2D eigenvalue weighted by Crippen LogP contribution is -2.06. The lowest BCUT2D eigenvalue weighted by molar-refractivity contribution is 0.296. The third-order valence-electron chi connectivity index (χ3n) is 2.81. The van der Waals surface area contributed by atoms with Gasteiger partial charge in [0.2, 0.25) is 0 Å². The molecule has 0 radical (unpaired) electrons. The monoisotopic (exact) mass is 319 g/mol. The summed E-state index contributed by atoms with van der Waals surface area (Å²) in [6.07, 6.45) is 1.58. The van der Waals surface area contributed by atoms with Gasteiger partial charge in [-0.3, -0.25) is 5.21 Å². The predicted octanol–water partition coefficient (Wildman–Crippen LogP) is 4.75. The summed E-state index contributed by atoms with van der Waals surface area (Å²) in [5, 5.41) is 29.4. The highest BCUT2D eigenvalue weighted by Crippen LogP contribution is 2.29. The molecule has 21 heavy (non-hydrogen) atoms. The van der Waals surface area contributed by atoms with Gasteiger partial charge in [-0.15, -0.1) is 0 Å². The number of benzene rings is 2. The van der Waals surface area contributed by atoms with Crippen molar-refractivity contribution in [2.45, 2.75) is 0 Å². The second kappa shape index (κ2) is 6.61. The van der Waals surface area contributed by atoms with E-state index in [1.54, 1.807) is 36.4 Å². The Morgan fingerprint density at radius 2 is 1.71 bits per heavy atom. The van der Waals surface area contributed by atoms with E-state index in [4.69, 9.17) is 28.4 Å². The summed E-state index contributed by atoms with van der Waals surface area (Å²) in [6, 6.07) is 13.0. The lowest BCUT2D eigenvalue weighted by atomic mass is 10.0. The van der Waals surface area contributed by atoms with Crippen LogP contribution in [0.4, 0.5) is 5.69 Å². The van der Waals surface area contributed by atoms with Crippen LogP contribution in [0.25, 0.3) is 11.6 Å². The van der Waals surface area contributed by atoms with E-state index in [9.17, 15) is 10.5 Å². The Morgan fingerprint density at radius 1 is 1.14 bits per heavy atom. The Bertz CT molecular complexity index is 699. The maximum Gasteiger partial charge on any atom is 0.0998 e. The summed E-state index contributed by atoms with van der Waals surface area (Å²) in [5.41, 5.74) is 1.55. The first-order valence-corrected chi connectivity index (χ1v) is 6.61. The van der Waals surface area contributed by atoms with Gasteiger partial charge in [-0.1, -0.05) is 41.4 Å². The van der Waals surface area contributed by atoms with Crippen LogP contribution in [0.15, 0.2) is 42.5 Å². The molecule has 0 aromatic heterocycles. The Labute approximate surface area is 131 Å². The van der Waals surface area contributed by atoms with Crippen LogP contribution >= 0.6 is 23.2 Å². The second-order valence-electron chi connectivity index (χ2n) is 4.12. The van der Waals surface area contributed by atoms with Crippen LogP contribution < -0.4 is 5.23 Å². The molecular weight excluding hydrogens is 311 g/mol. The summed E-state index contributed by atoms with van der Waals surface area (Å²) in [7, 11) is 0. The van der Waals surface area contributed by atoms with Crippen molar-refractivity contribution in [3.05, 3.63) is 68.8 Å². The van der Waals surface area contributed by atoms with E-state index < -0.39 is 0 Å². The quantitative estimate of drug-likeness (QED) is 0.503. The van der Waals surface area contributed by atoms with E-state index in [-0.39, 0.29) is 10.9 Å². The summed E-state index contributed by atoms with van der Waals surface area (Å²) in [5.74, 6) is 0. The Morgan fingerprint density at radius 3 is 2.19 bits per heavy atom. The van der Waals surface area contributed by atoms with Crippen molar-refractivity contribution in [1.29, 1.82) is 5.26 Å². The van der Waals surface area contributed by atoms with Crippen molar-refractivity contribution in [3.63, 3.8) is 0 Å². The number of hydrogen-bond acceptors (Lipinski definition) is 4. The molecule has 0 fully saturated rings. The lowest BCUT2D eigenvalue weighted by Gasteiger charge is -2.21. The number of anilines is 1. The molecule has 0 bridgehead atoms. The Kier molecular flexibility index (Phi) is 4.84. The first-order chi connectivity index (χ1) is 10.0. The molecule has 2 aromatic carbocycles. The summed E-state index contributed by atoms with van der Waals surface area (Å²) < 4.78 is 0. The van der Waals surface area contributed by atoms with Crippen molar-refractivity contribution in [1.82, 2.24) is 0 Å². The van der Waals surface area contributed by atoms with Crippen molar-refractivity contribution in [2.24, 2.45) is 0 Å². The molecule has 0 unspecified atom stereocenters. The average Bonchev–Trinajstić information content (AvgIpc) is 2.47. The second-order valence-corrected chi connectivity index (χ2v) is 4.94. The van der Waals surface area contributed by atoms with Gasteiger partial charge in [0, 0.05) is 15.6 Å². The van der Waals surface area contributed by atoms with Crippen LogP contribution in [0.2, 0.25) is 10.0 Å². The van der Waals surface area contributed by atoms with Gasteiger partial charge >= 0.3 is 0 Å². The van der Waals surface area contributed by atoms with Crippen molar-refractivity contribution >= 4 is 40.5 Å². The molecule has 0 atom stereocenters. The molecule has 0 spiro atoms. The zero-order valence-electron chi connectivity index (χ0n) is 10.6. The minimum absolute atomic E-state index is 0.0758. The topological polar surface area (TPSA) is 70.3 Å². The number of nitrogens with zero attached hydrogens (tertiary/aromatic N) is 2. The fraction of sp³-hybridized carbons (Fsp3) is 0. The van der Waals surface area contributed by atoms with Crippen molar-refractivity contribution in [3.8, 4) is 6.07 Å². The fourth-order valence-electron chi connectivity index (χ4n) is 1.74. The summed E-state index contributed by atoms with van der Waals surface area (Å²) in [6.45, 7) is 0. The summed E-state index contributed by atoms with van der Waals surface area (Å²) in [4.78, 5) is 0. The molecule has 6 heteroatoms. The van der Waals surface area contributed by atoms with Crippen LogP contribution in [0, 0.1) is 16.5 Å². The van der Waals surface area contributed by atoms with Gasteiger partial charge < -0.3 is 10.4 Å². The maximum absolute atomic E-state index is 10.7. The van der Waals surface area contributed by atoms with Gasteiger partial charge in [-0.05, 0) is 35.9 Å². The van der Waals surface area contributed by atoms with Gasteiger partial charge in [-0.2, -0.15) is 5.26 Å². The van der Waals surface area contributed by atoms with Gasteiger partial charge in [0.25, 0.3) is 0 Å². The molecule has 106 valence electrons. The predicted molar refractivity (Wildman–Crippen MR) is 84.0 cm³/mol. The van der Waals surface area contributed by atoms with E-state index in [0.717, 1.165) is 0 Å². The minimum Gasteiger partial charge on any atom is -0.733 e. The van der Waals surface area contributed by atoms with Gasteiger partial charge in [0.05, 0.1) is 17.3 Å². The zero-order valence-corrected chi connectivity index (χ0v) is 12.1. The number of rotatable bonds is 3. The highest BCUT2D eigenvalue weighted by molar-refractivity contribution is 6.37. The Hall–Kier alpha value is -2.03. The SMILES string of the molecule is N#C/C(=C/c1c(Cl)cccc1Cl)c1ccc(N([O-])O)cc1. The van der Waals surface area contributed by atoms with E-state index in [0.29, 0.717) is 26.7 Å². The van der Waals surface area contributed by atoms with Crippen LogP contribution in [-0.2, 0) is 0 Å². The minimum atomic E-state index is -0.246. The van der Waals surface area contributed by atoms with E-state index in [2.05, 4.69) is 6.07 Å². The maximum atomic E-state index is 10.7. The van der Waals surface area contributed by atoms with E-state index in [1.807, 2.05) is 0 Å². The average molecular weight is 320 g/mol. The number of hydrogen-bond donors (Lipinski definition) is 1. The number of halogens is 2. The number of allylic oxidation sites excluding steroid dienone is 1. The molecule has 0 amide bonds. The van der Waals surface area contributed by atoms with Crippen LogP contribution in [0.5, 0.6) is 0 Å². The van der Waals surface area contributed by atoms with Crippen LogP contribution in [-0.4, -0.2) is 5.21 Å². The largest absolute Gasteiger partial charge is 0.733 e.